The van der Waals surface area contributed by atoms with Gasteiger partial charge in [-0.3, -0.25) is 40.4 Å². The fourth-order valence-electron chi connectivity index (χ4n) is 6.14. The van der Waals surface area contributed by atoms with E-state index in [0.717, 1.165) is 11.1 Å². The van der Waals surface area contributed by atoms with Crippen LogP contribution >= 0.6 is 0 Å². The summed E-state index contributed by atoms with van der Waals surface area (Å²) < 4.78 is 0. The number of carbonyl (C=O) groups excluding carboxylic acids is 6. The van der Waals surface area contributed by atoms with Gasteiger partial charge >= 0.3 is 12.1 Å². The van der Waals surface area contributed by atoms with E-state index in [-0.39, 0.29) is 25.7 Å². The van der Waals surface area contributed by atoms with Gasteiger partial charge in [0.25, 0.3) is 0 Å². The second kappa shape index (κ2) is 13.0. The van der Waals surface area contributed by atoms with Crippen LogP contribution in [0.25, 0.3) is 0 Å². The molecule has 3 aromatic rings. The zero-order chi connectivity index (χ0) is 31.2. The number of hydrogen-bond donors (Lipinski definition) is 4. The van der Waals surface area contributed by atoms with Crippen molar-refractivity contribution in [1.29, 1.82) is 0 Å². The third kappa shape index (κ3) is 6.44. The molecule has 8 amide bonds. The fraction of sp³-hybridized carbons (Fsp3) is 0.294. The molecule has 2 heterocycles. The lowest BCUT2D eigenvalue weighted by Crippen LogP contribution is -2.63. The van der Waals surface area contributed by atoms with Crippen molar-refractivity contribution in [3.05, 3.63) is 107 Å². The van der Waals surface area contributed by atoms with Crippen LogP contribution in [0.4, 0.5) is 9.59 Å². The van der Waals surface area contributed by atoms with Crippen molar-refractivity contribution in [3.63, 3.8) is 0 Å². The van der Waals surface area contributed by atoms with E-state index >= 15 is 0 Å². The average Bonchev–Trinajstić information content (AvgIpc) is 3.00. The maximum atomic E-state index is 13.4. The molecule has 0 radical (unpaired) electrons. The van der Waals surface area contributed by atoms with E-state index < -0.39 is 46.5 Å². The highest BCUT2D eigenvalue weighted by Crippen LogP contribution is 2.37. The lowest BCUT2D eigenvalue weighted by Gasteiger charge is -2.36. The molecule has 10 nitrogen and oxygen atoms in total. The summed E-state index contributed by atoms with van der Waals surface area (Å²) in [6, 6.07) is 24.6. The lowest BCUT2D eigenvalue weighted by molar-refractivity contribution is -0.147. The summed E-state index contributed by atoms with van der Waals surface area (Å²) >= 11 is 0. The Morgan fingerprint density at radius 1 is 0.432 bits per heavy atom. The van der Waals surface area contributed by atoms with E-state index in [1.807, 2.05) is 60.7 Å². The first-order valence-corrected chi connectivity index (χ1v) is 14.7. The van der Waals surface area contributed by atoms with E-state index in [4.69, 9.17) is 0 Å². The first kappa shape index (κ1) is 30.3. The van der Waals surface area contributed by atoms with Crippen LogP contribution in [0, 0.1) is 10.8 Å². The number of imide groups is 4. The zero-order valence-corrected chi connectivity index (χ0v) is 24.2. The molecule has 3 aromatic carbocycles. The van der Waals surface area contributed by atoms with Crippen molar-refractivity contribution in [2.45, 2.75) is 51.4 Å². The van der Waals surface area contributed by atoms with E-state index in [1.54, 1.807) is 24.3 Å². The van der Waals surface area contributed by atoms with Gasteiger partial charge in [-0.2, -0.15) is 0 Å². The van der Waals surface area contributed by atoms with Gasteiger partial charge in [0.2, 0.25) is 23.6 Å². The average molecular weight is 595 g/mol. The molecule has 10 heteroatoms. The normalized spacial score (nSPS) is 17.4. The Morgan fingerprint density at radius 2 is 0.750 bits per heavy atom. The van der Waals surface area contributed by atoms with Crippen molar-refractivity contribution < 1.29 is 28.8 Å². The molecule has 0 bridgehead atoms. The van der Waals surface area contributed by atoms with Gasteiger partial charge in [-0.15, -0.1) is 0 Å². The molecule has 5 rings (SSSR count). The summed E-state index contributed by atoms with van der Waals surface area (Å²) in [5.74, 6) is -2.76. The predicted molar refractivity (Wildman–Crippen MR) is 161 cm³/mol. The van der Waals surface area contributed by atoms with Gasteiger partial charge in [0.05, 0.1) is 0 Å². The third-order valence-corrected chi connectivity index (χ3v) is 8.57. The number of amides is 8. The molecule has 2 aliphatic heterocycles. The molecule has 2 fully saturated rings. The van der Waals surface area contributed by atoms with Gasteiger partial charge in [-0.05, 0) is 73.6 Å². The second-order valence-corrected chi connectivity index (χ2v) is 11.4. The van der Waals surface area contributed by atoms with Crippen molar-refractivity contribution in [2.75, 3.05) is 0 Å². The van der Waals surface area contributed by atoms with Gasteiger partial charge in [0.15, 0.2) is 0 Å². The summed E-state index contributed by atoms with van der Waals surface area (Å²) in [6.45, 7) is 0. The summed E-state index contributed by atoms with van der Waals surface area (Å²) in [4.78, 5) is 77.6. The van der Waals surface area contributed by atoms with Gasteiger partial charge in [-0.25, -0.2) is 9.59 Å². The van der Waals surface area contributed by atoms with Crippen LogP contribution < -0.4 is 21.3 Å². The molecule has 2 saturated heterocycles. The zero-order valence-electron chi connectivity index (χ0n) is 24.2. The minimum atomic E-state index is -1.59. The summed E-state index contributed by atoms with van der Waals surface area (Å²) in [7, 11) is 0. The number of carbonyl (C=O) groups is 6. The SMILES string of the molecule is O=C1NC(=O)C(CCCc2ccccc2)(Cc2ccccc2CC2(CCCc3ccccc3)C(=O)NC(=O)NC2=O)C(=O)N1. The van der Waals surface area contributed by atoms with Crippen LogP contribution in [0.3, 0.4) is 0 Å². The Bertz CT molecular complexity index is 1430. The molecule has 0 aliphatic carbocycles. The molecule has 4 N–H and O–H groups in total. The van der Waals surface area contributed by atoms with Crippen molar-refractivity contribution >= 4 is 35.7 Å². The predicted octanol–water partition coefficient (Wildman–Crippen LogP) is 3.52. The van der Waals surface area contributed by atoms with Crippen LogP contribution in [0.2, 0.25) is 0 Å². The second-order valence-electron chi connectivity index (χ2n) is 11.4. The number of nitrogens with one attached hydrogen (secondary N) is 4. The van der Waals surface area contributed by atoms with Crippen molar-refractivity contribution in [3.8, 4) is 0 Å². The topological polar surface area (TPSA) is 151 Å². The maximum absolute atomic E-state index is 13.4. The first-order chi connectivity index (χ1) is 21.2. The summed E-state index contributed by atoms with van der Waals surface area (Å²) in [6.07, 6.45) is 2.47. The molecule has 226 valence electrons. The molecule has 0 saturated carbocycles. The molecular weight excluding hydrogens is 560 g/mol. The van der Waals surface area contributed by atoms with Crippen LogP contribution in [0.5, 0.6) is 0 Å². The molecule has 44 heavy (non-hydrogen) atoms. The van der Waals surface area contributed by atoms with E-state index in [0.29, 0.717) is 36.8 Å². The molecule has 2 aliphatic rings. The van der Waals surface area contributed by atoms with Gasteiger partial charge in [0, 0.05) is 0 Å². The van der Waals surface area contributed by atoms with Crippen LogP contribution in [-0.4, -0.2) is 35.7 Å². The van der Waals surface area contributed by atoms with Gasteiger partial charge in [-0.1, -0.05) is 84.9 Å². The highest BCUT2D eigenvalue weighted by molar-refractivity contribution is 6.20. The van der Waals surface area contributed by atoms with Gasteiger partial charge in [0.1, 0.15) is 10.8 Å². The molecule has 0 atom stereocenters. The molecule has 0 spiro atoms. The number of aryl methyl sites for hydroxylation is 2. The summed E-state index contributed by atoms with van der Waals surface area (Å²) in [5, 5.41) is 9.06. The Kier molecular flexibility index (Phi) is 8.99. The minimum Gasteiger partial charge on any atom is -0.277 e. The number of hydrogen-bond acceptors (Lipinski definition) is 6. The fourth-order valence-corrected chi connectivity index (χ4v) is 6.14. The Morgan fingerprint density at radius 3 is 1.09 bits per heavy atom. The monoisotopic (exact) mass is 594 g/mol. The molecule has 0 aromatic heterocycles. The Labute approximate surface area is 255 Å². The van der Waals surface area contributed by atoms with Gasteiger partial charge < -0.3 is 0 Å². The molecular formula is C34H34N4O6. The summed E-state index contributed by atoms with van der Waals surface area (Å²) in [5.41, 5.74) is 0.103. The van der Waals surface area contributed by atoms with Crippen LogP contribution in [-0.2, 0) is 44.9 Å². The highest BCUT2D eigenvalue weighted by atomic mass is 16.2. The number of rotatable bonds is 12. The minimum absolute atomic E-state index is 0.0504. The standard InChI is InChI=1S/C34H34N4O6/c39-27-33(28(40)36-31(43)35-27,19-9-15-23-11-3-1-4-12-23)21-25-17-7-8-18-26(25)22-34(29(41)37-32(44)38-30(34)42)20-10-16-24-13-5-2-6-14-24/h1-8,11-14,17-18H,9-10,15-16,19-22H2,(H2,35,36,39,40,43)(H2,37,38,41,42,44). The largest absolute Gasteiger partial charge is 0.328 e. The van der Waals surface area contributed by atoms with E-state index in [1.165, 1.54) is 0 Å². The first-order valence-electron chi connectivity index (χ1n) is 14.7. The number of urea groups is 2. The molecule has 0 unspecified atom stereocenters. The number of barbiturate groups is 2. The van der Waals surface area contributed by atoms with Crippen LogP contribution in [0.1, 0.15) is 47.9 Å². The lowest BCUT2D eigenvalue weighted by atomic mass is 9.70. The van der Waals surface area contributed by atoms with Crippen molar-refractivity contribution in [1.82, 2.24) is 21.3 Å². The highest BCUT2D eigenvalue weighted by Gasteiger charge is 2.52. The smallest absolute Gasteiger partial charge is 0.277 e. The van der Waals surface area contributed by atoms with E-state index in [9.17, 15) is 28.8 Å². The maximum Gasteiger partial charge on any atom is 0.328 e. The number of benzene rings is 3. The Hall–Kier alpha value is -5.12. The van der Waals surface area contributed by atoms with Crippen molar-refractivity contribution in [2.24, 2.45) is 10.8 Å². The van der Waals surface area contributed by atoms with Crippen LogP contribution in [0.15, 0.2) is 84.9 Å². The quantitative estimate of drug-likeness (QED) is 0.236. The Balaban J connectivity index is 1.44. The van der Waals surface area contributed by atoms with E-state index in [2.05, 4.69) is 21.3 Å². The third-order valence-electron chi connectivity index (χ3n) is 8.57.